The van der Waals surface area contributed by atoms with Crippen molar-refractivity contribution >= 4 is 11.8 Å². The minimum absolute atomic E-state index is 0.262. The molecular formula is C14H22FN5. The number of halogens is 1. The van der Waals surface area contributed by atoms with Gasteiger partial charge in [0.05, 0.1) is 0 Å². The number of nitrogens with one attached hydrogen (secondary N) is 2. The fourth-order valence-corrected chi connectivity index (χ4v) is 2.35. The van der Waals surface area contributed by atoms with E-state index in [9.17, 15) is 4.39 Å². The molecule has 5 nitrogen and oxygen atoms in total. The molecule has 1 aromatic rings. The lowest BCUT2D eigenvalue weighted by Gasteiger charge is -2.19. The Morgan fingerprint density at radius 3 is 3.10 bits per heavy atom. The van der Waals surface area contributed by atoms with E-state index in [0.29, 0.717) is 5.82 Å². The summed E-state index contributed by atoms with van der Waals surface area (Å²) in [6.45, 7) is 7.15. The van der Waals surface area contributed by atoms with Gasteiger partial charge in [0.2, 0.25) is 0 Å². The largest absolute Gasteiger partial charge is 0.357 e. The molecule has 1 saturated heterocycles. The Morgan fingerprint density at radius 1 is 1.55 bits per heavy atom. The lowest BCUT2D eigenvalue weighted by atomic mass is 10.3. The first-order valence-corrected chi connectivity index (χ1v) is 7.14. The first kappa shape index (κ1) is 14.6. The number of nitrogens with zero attached hydrogens (tertiary/aromatic N) is 3. The quantitative estimate of drug-likeness (QED) is 0.646. The summed E-state index contributed by atoms with van der Waals surface area (Å²) in [5.41, 5.74) is 0. The molecule has 110 valence electrons. The normalized spacial score (nSPS) is 19.2. The second-order valence-electron chi connectivity index (χ2n) is 4.74. The van der Waals surface area contributed by atoms with Crippen molar-refractivity contribution in [2.45, 2.75) is 26.3 Å². The number of pyridine rings is 1. The molecule has 1 fully saturated rings. The third kappa shape index (κ3) is 3.59. The second kappa shape index (κ2) is 7.07. The van der Waals surface area contributed by atoms with Gasteiger partial charge in [0.1, 0.15) is 0 Å². The zero-order valence-corrected chi connectivity index (χ0v) is 12.1. The number of hydrogen-bond donors (Lipinski definition) is 2. The first-order valence-electron chi connectivity index (χ1n) is 7.14. The van der Waals surface area contributed by atoms with Crippen LogP contribution in [0.3, 0.4) is 0 Å². The summed E-state index contributed by atoms with van der Waals surface area (Å²) in [5, 5.41) is 6.59. The highest BCUT2D eigenvalue weighted by molar-refractivity contribution is 5.80. The standard InChI is InChI=1S/C14H22FN5/c1-3-16-14(17-4-2)19-11-7-9-20(10-11)13-12(15)6-5-8-18-13/h5-6,8,11H,3-4,7,9-10H2,1-2H3,(H2,16,17,19). The SMILES string of the molecule is CCN=C(NCC)NC1CCN(c2ncccc2F)C1. The minimum Gasteiger partial charge on any atom is -0.357 e. The molecule has 0 amide bonds. The van der Waals surface area contributed by atoms with Crippen molar-refractivity contribution in [2.24, 2.45) is 4.99 Å². The van der Waals surface area contributed by atoms with Gasteiger partial charge in [-0.3, -0.25) is 4.99 Å². The maximum Gasteiger partial charge on any atom is 0.191 e. The molecular weight excluding hydrogens is 257 g/mol. The van der Waals surface area contributed by atoms with Crippen molar-refractivity contribution in [3.05, 3.63) is 24.1 Å². The van der Waals surface area contributed by atoms with E-state index in [-0.39, 0.29) is 11.9 Å². The fraction of sp³-hybridized carbons (Fsp3) is 0.571. The van der Waals surface area contributed by atoms with E-state index in [1.165, 1.54) is 6.07 Å². The second-order valence-corrected chi connectivity index (χ2v) is 4.74. The minimum atomic E-state index is -0.262. The van der Waals surface area contributed by atoms with Crippen LogP contribution in [0.4, 0.5) is 10.2 Å². The highest BCUT2D eigenvalue weighted by atomic mass is 19.1. The zero-order chi connectivity index (χ0) is 14.4. The lowest BCUT2D eigenvalue weighted by molar-refractivity contribution is 0.612. The molecule has 20 heavy (non-hydrogen) atoms. The van der Waals surface area contributed by atoms with E-state index < -0.39 is 0 Å². The summed E-state index contributed by atoms with van der Waals surface area (Å²) < 4.78 is 13.7. The van der Waals surface area contributed by atoms with Crippen molar-refractivity contribution in [2.75, 3.05) is 31.1 Å². The number of rotatable bonds is 4. The molecule has 2 N–H and O–H groups in total. The molecule has 0 aliphatic carbocycles. The Balaban J connectivity index is 1.95. The first-order chi connectivity index (χ1) is 9.74. The van der Waals surface area contributed by atoms with Crippen LogP contribution >= 0.6 is 0 Å². The molecule has 0 radical (unpaired) electrons. The molecule has 0 spiro atoms. The van der Waals surface area contributed by atoms with Crippen LogP contribution in [-0.4, -0.2) is 43.2 Å². The maximum atomic E-state index is 13.7. The van der Waals surface area contributed by atoms with Gasteiger partial charge in [-0.1, -0.05) is 0 Å². The van der Waals surface area contributed by atoms with Gasteiger partial charge in [-0.2, -0.15) is 0 Å². The van der Waals surface area contributed by atoms with Gasteiger partial charge in [0, 0.05) is 38.4 Å². The van der Waals surface area contributed by atoms with Crippen molar-refractivity contribution < 1.29 is 4.39 Å². The molecule has 2 rings (SSSR count). The van der Waals surface area contributed by atoms with Crippen molar-refractivity contribution in [1.82, 2.24) is 15.6 Å². The van der Waals surface area contributed by atoms with E-state index in [4.69, 9.17) is 0 Å². The molecule has 1 aliphatic heterocycles. The molecule has 0 bridgehead atoms. The van der Waals surface area contributed by atoms with E-state index in [1.807, 2.05) is 18.7 Å². The number of anilines is 1. The highest BCUT2D eigenvalue weighted by Gasteiger charge is 2.25. The molecule has 6 heteroatoms. The third-order valence-corrected chi connectivity index (χ3v) is 3.23. The average Bonchev–Trinajstić information content (AvgIpc) is 2.88. The molecule has 1 unspecified atom stereocenters. The van der Waals surface area contributed by atoms with E-state index in [0.717, 1.165) is 38.6 Å². The van der Waals surface area contributed by atoms with Crippen LogP contribution in [-0.2, 0) is 0 Å². The van der Waals surface area contributed by atoms with Gasteiger partial charge < -0.3 is 15.5 Å². The van der Waals surface area contributed by atoms with E-state index in [1.54, 1.807) is 12.3 Å². The fourth-order valence-electron chi connectivity index (χ4n) is 2.35. The number of aromatic nitrogens is 1. The van der Waals surface area contributed by atoms with Gasteiger partial charge in [-0.15, -0.1) is 0 Å². The monoisotopic (exact) mass is 279 g/mol. The molecule has 1 aromatic heterocycles. The number of hydrogen-bond acceptors (Lipinski definition) is 3. The van der Waals surface area contributed by atoms with Gasteiger partial charge in [-0.25, -0.2) is 9.37 Å². The van der Waals surface area contributed by atoms with E-state index in [2.05, 4.69) is 20.6 Å². The maximum absolute atomic E-state index is 13.7. The summed E-state index contributed by atoms with van der Waals surface area (Å²) in [5.74, 6) is 1.000. The Labute approximate surface area is 119 Å². The zero-order valence-electron chi connectivity index (χ0n) is 12.1. The van der Waals surface area contributed by atoms with Crippen LogP contribution in [0.2, 0.25) is 0 Å². The van der Waals surface area contributed by atoms with Crippen LogP contribution in [0.15, 0.2) is 23.3 Å². The Morgan fingerprint density at radius 2 is 2.40 bits per heavy atom. The molecule has 1 atom stereocenters. The third-order valence-electron chi connectivity index (χ3n) is 3.23. The van der Waals surface area contributed by atoms with Crippen LogP contribution < -0.4 is 15.5 Å². The number of guanidine groups is 1. The molecule has 0 aromatic carbocycles. The van der Waals surface area contributed by atoms with Gasteiger partial charge in [-0.05, 0) is 32.4 Å². The van der Waals surface area contributed by atoms with Crippen molar-refractivity contribution in [3.8, 4) is 0 Å². The van der Waals surface area contributed by atoms with Gasteiger partial charge >= 0.3 is 0 Å². The Bertz CT molecular complexity index is 463. The number of aliphatic imine (C=N–C) groups is 1. The Hall–Kier alpha value is -1.85. The predicted molar refractivity (Wildman–Crippen MR) is 79.6 cm³/mol. The summed E-state index contributed by atoms with van der Waals surface area (Å²) in [4.78, 5) is 10.5. The lowest BCUT2D eigenvalue weighted by Crippen LogP contribution is -2.44. The molecule has 2 heterocycles. The van der Waals surface area contributed by atoms with Gasteiger partial charge in [0.15, 0.2) is 17.6 Å². The molecule has 1 aliphatic rings. The van der Waals surface area contributed by atoms with Crippen molar-refractivity contribution in [3.63, 3.8) is 0 Å². The van der Waals surface area contributed by atoms with Crippen LogP contribution in [0, 0.1) is 5.82 Å². The van der Waals surface area contributed by atoms with Crippen LogP contribution in [0.1, 0.15) is 20.3 Å². The summed E-state index contributed by atoms with van der Waals surface area (Å²) in [6, 6.07) is 3.33. The highest BCUT2D eigenvalue weighted by Crippen LogP contribution is 2.20. The van der Waals surface area contributed by atoms with Crippen LogP contribution in [0.5, 0.6) is 0 Å². The smallest absolute Gasteiger partial charge is 0.191 e. The Kier molecular flexibility index (Phi) is 5.15. The van der Waals surface area contributed by atoms with E-state index >= 15 is 0 Å². The van der Waals surface area contributed by atoms with Crippen LogP contribution in [0.25, 0.3) is 0 Å². The predicted octanol–water partition coefficient (Wildman–Crippen LogP) is 1.37. The summed E-state index contributed by atoms with van der Waals surface area (Å²) >= 11 is 0. The molecule has 0 saturated carbocycles. The van der Waals surface area contributed by atoms with Gasteiger partial charge in [0.25, 0.3) is 0 Å². The van der Waals surface area contributed by atoms with Crippen molar-refractivity contribution in [1.29, 1.82) is 0 Å². The topological polar surface area (TPSA) is 52.6 Å². The summed E-state index contributed by atoms with van der Waals surface area (Å²) in [7, 11) is 0. The summed E-state index contributed by atoms with van der Waals surface area (Å²) in [6.07, 6.45) is 2.58. The average molecular weight is 279 g/mol.